The molecule has 0 fully saturated rings. The number of hydrogen-bond donors (Lipinski definition) is 4. The van der Waals surface area contributed by atoms with Crippen LogP contribution in [0, 0.1) is 0 Å². The van der Waals surface area contributed by atoms with Crippen LogP contribution in [-0.2, 0) is 9.36 Å². The normalized spacial score (nSPS) is 12.4. The molecular weight excluding hydrogens is 383 g/mol. The van der Waals surface area contributed by atoms with Gasteiger partial charge in [-0.2, -0.15) is 4.98 Å². The Morgan fingerprint density at radius 2 is 1.82 bits per heavy atom. The Labute approximate surface area is 160 Å². The number of carbonyl (C=O) groups excluding carboxylic acids is 1. The SMILES string of the molecule is CC(C(=O)Nc1cnc(-c2ccccn2)nc1O)c1ccc(P(=O)(O)O)cc1. The Morgan fingerprint density at radius 1 is 1.11 bits per heavy atom. The van der Waals surface area contributed by atoms with Gasteiger partial charge in [-0.15, -0.1) is 0 Å². The maximum absolute atomic E-state index is 12.5. The summed E-state index contributed by atoms with van der Waals surface area (Å²) in [7, 11) is -4.34. The van der Waals surface area contributed by atoms with Gasteiger partial charge >= 0.3 is 7.60 Å². The smallest absolute Gasteiger partial charge is 0.356 e. The van der Waals surface area contributed by atoms with Crippen molar-refractivity contribution in [2.24, 2.45) is 0 Å². The quantitative estimate of drug-likeness (QED) is 0.474. The topological polar surface area (TPSA) is 146 Å². The first-order valence-electron chi connectivity index (χ1n) is 8.20. The van der Waals surface area contributed by atoms with Gasteiger partial charge in [-0.05, 0) is 36.8 Å². The maximum atomic E-state index is 12.5. The predicted octanol–water partition coefficient (Wildman–Crippen LogP) is 1.79. The Kier molecular flexibility index (Phi) is 5.51. The Hall–Kier alpha value is -3.13. The van der Waals surface area contributed by atoms with E-state index in [1.54, 1.807) is 31.3 Å². The molecule has 0 saturated carbocycles. The van der Waals surface area contributed by atoms with Gasteiger partial charge in [0.25, 0.3) is 0 Å². The summed E-state index contributed by atoms with van der Waals surface area (Å²) in [5, 5.41) is 12.5. The van der Waals surface area contributed by atoms with Gasteiger partial charge in [0.2, 0.25) is 11.8 Å². The molecule has 9 nitrogen and oxygen atoms in total. The second kappa shape index (κ2) is 7.85. The molecule has 1 atom stereocenters. The minimum atomic E-state index is -4.34. The highest BCUT2D eigenvalue weighted by Gasteiger charge is 2.21. The number of benzene rings is 1. The number of aromatic hydroxyl groups is 1. The zero-order chi connectivity index (χ0) is 20.3. The van der Waals surface area contributed by atoms with Crippen molar-refractivity contribution in [3.63, 3.8) is 0 Å². The Balaban J connectivity index is 1.74. The maximum Gasteiger partial charge on any atom is 0.356 e. The first-order valence-corrected chi connectivity index (χ1v) is 9.81. The minimum absolute atomic E-state index is 0.0448. The minimum Gasteiger partial charge on any atom is -0.492 e. The molecule has 0 bridgehead atoms. The van der Waals surface area contributed by atoms with Crippen LogP contribution in [-0.4, -0.2) is 35.8 Å². The highest BCUT2D eigenvalue weighted by atomic mass is 31.2. The third-order valence-electron chi connectivity index (χ3n) is 4.04. The molecule has 0 aliphatic carbocycles. The fraction of sp³-hybridized carbons (Fsp3) is 0.111. The molecule has 0 aliphatic heterocycles. The zero-order valence-electron chi connectivity index (χ0n) is 14.7. The molecular formula is C18H17N4O5P. The van der Waals surface area contributed by atoms with Gasteiger partial charge in [-0.3, -0.25) is 14.3 Å². The van der Waals surface area contributed by atoms with Crippen LogP contribution in [0.4, 0.5) is 5.69 Å². The highest BCUT2D eigenvalue weighted by molar-refractivity contribution is 7.60. The molecule has 0 radical (unpaired) electrons. The van der Waals surface area contributed by atoms with Gasteiger partial charge in [0.1, 0.15) is 11.4 Å². The van der Waals surface area contributed by atoms with Gasteiger partial charge in [-0.25, -0.2) is 4.98 Å². The number of carbonyl (C=O) groups is 1. The molecule has 28 heavy (non-hydrogen) atoms. The number of aromatic nitrogens is 3. The molecule has 10 heteroatoms. The van der Waals surface area contributed by atoms with Gasteiger partial charge < -0.3 is 20.2 Å². The fourth-order valence-corrected chi connectivity index (χ4v) is 2.97. The number of hydrogen-bond acceptors (Lipinski definition) is 6. The van der Waals surface area contributed by atoms with Gasteiger partial charge in [0, 0.05) is 6.20 Å². The molecule has 1 aromatic carbocycles. The lowest BCUT2D eigenvalue weighted by atomic mass is 10.0. The first kappa shape index (κ1) is 19.6. The summed E-state index contributed by atoms with van der Waals surface area (Å²) in [4.78, 5) is 42.9. The molecule has 1 unspecified atom stereocenters. The van der Waals surface area contributed by atoms with E-state index in [-0.39, 0.29) is 16.8 Å². The van der Waals surface area contributed by atoms with Gasteiger partial charge in [-0.1, -0.05) is 18.2 Å². The first-order chi connectivity index (χ1) is 13.3. The molecule has 4 N–H and O–H groups in total. The molecule has 2 aromatic heterocycles. The Morgan fingerprint density at radius 3 is 2.39 bits per heavy atom. The van der Waals surface area contributed by atoms with E-state index in [1.807, 2.05) is 0 Å². The molecule has 3 aromatic rings. The monoisotopic (exact) mass is 400 g/mol. The predicted molar refractivity (Wildman–Crippen MR) is 102 cm³/mol. The van der Waals surface area contributed by atoms with E-state index < -0.39 is 25.3 Å². The van der Waals surface area contributed by atoms with Gasteiger partial charge in [0.15, 0.2) is 5.82 Å². The lowest BCUT2D eigenvalue weighted by molar-refractivity contribution is -0.117. The molecule has 0 aliphatic rings. The average Bonchev–Trinajstić information content (AvgIpc) is 2.69. The zero-order valence-corrected chi connectivity index (χ0v) is 15.6. The number of nitrogens with one attached hydrogen (secondary N) is 1. The van der Waals surface area contributed by atoms with Crippen molar-refractivity contribution in [3.8, 4) is 17.4 Å². The average molecular weight is 400 g/mol. The second-order valence-electron chi connectivity index (χ2n) is 5.99. The summed E-state index contributed by atoms with van der Waals surface area (Å²) in [6, 6.07) is 10.7. The van der Waals surface area contributed by atoms with Crippen molar-refractivity contribution in [1.82, 2.24) is 15.0 Å². The second-order valence-corrected chi connectivity index (χ2v) is 7.60. The van der Waals surface area contributed by atoms with Crippen molar-refractivity contribution in [2.75, 3.05) is 5.32 Å². The Bertz CT molecular complexity index is 1040. The van der Waals surface area contributed by atoms with Crippen molar-refractivity contribution < 1.29 is 24.3 Å². The lowest BCUT2D eigenvalue weighted by Crippen LogP contribution is -2.19. The molecule has 1 amide bonds. The van der Waals surface area contributed by atoms with E-state index in [0.717, 1.165) is 0 Å². The standard InChI is InChI=1S/C18H17N4O5P/c1-11(12-5-7-13(8-6-12)28(25,26)27)17(23)21-15-10-20-16(22-18(15)24)14-4-2-3-9-19-14/h2-11H,1H3,(H,21,23)(H,20,22,24)(H2,25,26,27). The van der Waals surface area contributed by atoms with E-state index in [4.69, 9.17) is 9.79 Å². The van der Waals surface area contributed by atoms with Crippen LogP contribution in [0.15, 0.2) is 54.9 Å². The van der Waals surface area contributed by atoms with Crippen LogP contribution in [0.1, 0.15) is 18.4 Å². The molecule has 144 valence electrons. The molecule has 0 saturated heterocycles. The summed E-state index contributed by atoms with van der Waals surface area (Å²) < 4.78 is 11.2. The van der Waals surface area contributed by atoms with E-state index in [2.05, 4.69) is 20.3 Å². The van der Waals surface area contributed by atoms with Crippen molar-refractivity contribution in [2.45, 2.75) is 12.8 Å². The fourth-order valence-electron chi connectivity index (χ4n) is 2.43. The van der Waals surface area contributed by atoms with Crippen LogP contribution in [0.25, 0.3) is 11.5 Å². The van der Waals surface area contributed by atoms with Crippen LogP contribution in [0.2, 0.25) is 0 Å². The van der Waals surface area contributed by atoms with Crippen LogP contribution < -0.4 is 10.6 Å². The lowest BCUT2D eigenvalue weighted by Gasteiger charge is -2.14. The highest BCUT2D eigenvalue weighted by Crippen LogP contribution is 2.33. The van der Waals surface area contributed by atoms with Crippen LogP contribution in [0.3, 0.4) is 0 Å². The summed E-state index contributed by atoms with van der Waals surface area (Å²) in [5.74, 6) is -1.25. The summed E-state index contributed by atoms with van der Waals surface area (Å²) in [6.45, 7) is 1.63. The summed E-state index contributed by atoms with van der Waals surface area (Å²) in [6.07, 6.45) is 2.86. The number of pyridine rings is 1. The van der Waals surface area contributed by atoms with E-state index in [9.17, 15) is 14.5 Å². The molecule has 3 rings (SSSR count). The summed E-state index contributed by atoms with van der Waals surface area (Å²) >= 11 is 0. The number of nitrogens with zero attached hydrogens (tertiary/aromatic N) is 3. The molecule has 2 heterocycles. The van der Waals surface area contributed by atoms with Crippen molar-refractivity contribution in [3.05, 3.63) is 60.4 Å². The van der Waals surface area contributed by atoms with E-state index in [0.29, 0.717) is 11.3 Å². The van der Waals surface area contributed by atoms with Crippen molar-refractivity contribution in [1.29, 1.82) is 0 Å². The van der Waals surface area contributed by atoms with Crippen LogP contribution in [0.5, 0.6) is 5.88 Å². The number of anilines is 1. The number of rotatable bonds is 5. The summed E-state index contributed by atoms with van der Waals surface area (Å²) in [5.41, 5.74) is 1.08. The van der Waals surface area contributed by atoms with E-state index >= 15 is 0 Å². The number of amides is 1. The van der Waals surface area contributed by atoms with Crippen LogP contribution >= 0.6 is 7.60 Å². The largest absolute Gasteiger partial charge is 0.492 e. The van der Waals surface area contributed by atoms with Gasteiger partial charge in [0.05, 0.1) is 17.4 Å². The third kappa shape index (κ3) is 4.40. The van der Waals surface area contributed by atoms with Crippen molar-refractivity contribution >= 4 is 24.5 Å². The van der Waals surface area contributed by atoms with E-state index in [1.165, 1.54) is 30.5 Å². The molecule has 0 spiro atoms. The third-order valence-corrected chi connectivity index (χ3v) is 5.01.